The van der Waals surface area contributed by atoms with Gasteiger partial charge in [0, 0.05) is 12.1 Å². The van der Waals surface area contributed by atoms with Crippen molar-refractivity contribution in [1.82, 2.24) is 10.0 Å². The number of rotatable bonds is 6. The number of sulfonamides is 1. The maximum Gasteiger partial charge on any atom is 0.251 e. The van der Waals surface area contributed by atoms with Crippen LogP contribution in [0.1, 0.15) is 23.7 Å². The van der Waals surface area contributed by atoms with Gasteiger partial charge < -0.3 is 10.1 Å². The number of benzene rings is 1. The molecule has 0 aliphatic carbocycles. The molecule has 0 radical (unpaired) electrons. The van der Waals surface area contributed by atoms with E-state index in [1.165, 1.54) is 32.4 Å². The van der Waals surface area contributed by atoms with Gasteiger partial charge in [-0.3, -0.25) is 4.79 Å². The third kappa shape index (κ3) is 3.68. The summed E-state index contributed by atoms with van der Waals surface area (Å²) < 4.78 is 30.9. The summed E-state index contributed by atoms with van der Waals surface area (Å²) in [6, 6.07) is 4.29. The predicted octanol–water partition coefficient (Wildman–Crippen LogP) is 0.743. The number of hydrogen-bond donors (Lipinski definition) is 2. The SMILES string of the molecule is CCCNC(=O)c1ccc(OC)c(S(=O)(=O)NC)c1. The van der Waals surface area contributed by atoms with Gasteiger partial charge in [0.2, 0.25) is 10.0 Å². The lowest BCUT2D eigenvalue weighted by atomic mass is 10.2. The second-order valence-corrected chi connectivity index (χ2v) is 5.68. The topological polar surface area (TPSA) is 84.5 Å². The highest BCUT2D eigenvalue weighted by atomic mass is 32.2. The van der Waals surface area contributed by atoms with Crippen LogP contribution >= 0.6 is 0 Å². The Bertz CT molecular complexity index is 555. The zero-order valence-corrected chi connectivity index (χ0v) is 12.0. The molecule has 1 amide bonds. The van der Waals surface area contributed by atoms with Crippen molar-refractivity contribution < 1.29 is 17.9 Å². The lowest BCUT2D eigenvalue weighted by Gasteiger charge is -2.10. The van der Waals surface area contributed by atoms with Crippen LogP contribution in [0.5, 0.6) is 5.75 Å². The first-order valence-electron chi connectivity index (χ1n) is 5.86. The first kappa shape index (κ1) is 15.5. The van der Waals surface area contributed by atoms with E-state index in [4.69, 9.17) is 4.74 Å². The third-order valence-corrected chi connectivity index (χ3v) is 3.96. The van der Waals surface area contributed by atoms with Gasteiger partial charge in [0.1, 0.15) is 10.6 Å². The highest BCUT2D eigenvalue weighted by Gasteiger charge is 2.19. The summed E-state index contributed by atoms with van der Waals surface area (Å²) in [5, 5.41) is 2.69. The van der Waals surface area contributed by atoms with Crippen LogP contribution in [0.25, 0.3) is 0 Å². The molecule has 0 unspecified atom stereocenters. The third-order valence-electron chi connectivity index (χ3n) is 2.52. The van der Waals surface area contributed by atoms with Gasteiger partial charge in [-0.1, -0.05) is 6.92 Å². The molecule has 19 heavy (non-hydrogen) atoms. The van der Waals surface area contributed by atoms with Crippen LogP contribution in [-0.4, -0.2) is 35.0 Å². The van der Waals surface area contributed by atoms with E-state index in [1.54, 1.807) is 0 Å². The molecule has 0 saturated heterocycles. The number of carbonyl (C=O) groups is 1. The van der Waals surface area contributed by atoms with Crippen molar-refractivity contribution in [3.05, 3.63) is 23.8 Å². The van der Waals surface area contributed by atoms with Gasteiger partial charge in [0.25, 0.3) is 5.91 Å². The summed E-state index contributed by atoms with van der Waals surface area (Å²) in [7, 11) is -0.992. The van der Waals surface area contributed by atoms with Crippen molar-refractivity contribution in [1.29, 1.82) is 0 Å². The Morgan fingerprint density at radius 1 is 1.37 bits per heavy atom. The van der Waals surface area contributed by atoms with Crippen LogP contribution in [0.15, 0.2) is 23.1 Å². The van der Waals surface area contributed by atoms with Gasteiger partial charge in [-0.05, 0) is 31.7 Å². The summed E-state index contributed by atoms with van der Waals surface area (Å²) in [6.45, 7) is 2.48. The Labute approximate surface area is 113 Å². The number of carbonyl (C=O) groups excluding carboxylic acids is 1. The Morgan fingerprint density at radius 3 is 2.58 bits per heavy atom. The maximum absolute atomic E-state index is 11.8. The van der Waals surface area contributed by atoms with E-state index in [0.29, 0.717) is 6.54 Å². The Balaban J connectivity index is 3.19. The van der Waals surface area contributed by atoms with Crippen LogP contribution in [0.2, 0.25) is 0 Å². The van der Waals surface area contributed by atoms with Crippen molar-refractivity contribution in [2.24, 2.45) is 0 Å². The second kappa shape index (κ2) is 6.53. The molecule has 106 valence electrons. The van der Waals surface area contributed by atoms with E-state index in [0.717, 1.165) is 6.42 Å². The van der Waals surface area contributed by atoms with Crippen LogP contribution in [-0.2, 0) is 10.0 Å². The molecule has 0 spiro atoms. The van der Waals surface area contributed by atoms with Gasteiger partial charge in [-0.2, -0.15) is 0 Å². The molecule has 0 heterocycles. The van der Waals surface area contributed by atoms with Crippen molar-refractivity contribution >= 4 is 15.9 Å². The number of nitrogens with one attached hydrogen (secondary N) is 2. The molecule has 1 aromatic rings. The molecular weight excluding hydrogens is 268 g/mol. The Kier molecular flexibility index (Phi) is 5.31. The van der Waals surface area contributed by atoms with Crippen molar-refractivity contribution in [2.75, 3.05) is 20.7 Å². The lowest BCUT2D eigenvalue weighted by Crippen LogP contribution is -2.25. The molecular formula is C12H18N2O4S. The first-order chi connectivity index (χ1) is 8.96. The molecule has 7 heteroatoms. The molecule has 0 bridgehead atoms. The molecule has 0 fully saturated rings. The molecule has 0 aliphatic rings. The quantitative estimate of drug-likeness (QED) is 0.808. The normalized spacial score (nSPS) is 11.1. The lowest BCUT2D eigenvalue weighted by molar-refractivity contribution is 0.0953. The Morgan fingerprint density at radius 2 is 2.05 bits per heavy atom. The van der Waals surface area contributed by atoms with E-state index in [9.17, 15) is 13.2 Å². The summed E-state index contributed by atoms with van der Waals surface area (Å²) in [5.41, 5.74) is 0.281. The largest absolute Gasteiger partial charge is 0.495 e. The summed E-state index contributed by atoms with van der Waals surface area (Å²) in [6.07, 6.45) is 0.809. The highest BCUT2D eigenvalue weighted by Crippen LogP contribution is 2.24. The van der Waals surface area contributed by atoms with E-state index >= 15 is 0 Å². The van der Waals surface area contributed by atoms with Crippen LogP contribution in [0.4, 0.5) is 0 Å². The van der Waals surface area contributed by atoms with Gasteiger partial charge in [-0.25, -0.2) is 13.1 Å². The van der Waals surface area contributed by atoms with Crippen molar-refractivity contribution in [3.8, 4) is 5.75 Å². The highest BCUT2D eigenvalue weighted by molar-refractivity contribution is 7.89. The molecule has 0 atom stereocenters. The van der Waals surface area contributed by atoms with Crippen molar-refractivity contribution in [3.63, 3.8) is 0 Å². The smallest absolute Gasteiger partial charge is 0.251 e. The molecule has 0 aliphatic heterocycles. The number of hydrogen-bond acceptors (Lipinski definition) is 4. The molecule has 1 rings (SSSR count). The zero-order chi connectivity index (χ0) is 14.5. The maximum atomic E-state index is 11.8. The first-order valence-corrected chi connectivity index (χ1v) is 7.34. The monoisotopic (exact) mass is 286 g/mol. The standard InChI is InChI=1S/C12H18N2O4S/c1-4-7-14-12(15)9-5-6-10(18-3)11(8-9)19(16,17)13-2/h5-6,8,13H,4,7H2,1-3H3,(H,14,15). The molecule has 0 saturated carbocycles. The van der Waals surface area contributed by atoms with E-state index < -0.39 is 10.0 Å². The van der Waals surface area contributed by atoms with Crippen LogP contribution in [0.3, 0.4) is 0 Å². The minimum Gasteiger partial charge on any atom is -0.495 e. The van der Waals surface area contributed by atoms with Gasteiger partial charge in [0.05, 0.1) is 7.11 Å². The fourth-order valence-electron chi connectivity index (χ4n) is 1.48. The van der Waals surface area contributed by atoms with Gasteiger partial charge >= 0.3 is 0 Å². The van der Waals surface area contributed by atoms with E-state index in [2.05, 4.69) is 10.0 Å². The summed E-state index contributed by atoms with van der Waals surface area (Å²) in [5.74, 6) is -0.113. The fourth-order valence-corrected chi connectivity index (χ4v) is 2.40. The fraction of sp³-hybridized carbons (Fsp3) is 0.417. The second-order valence-electron chi connectivity index (χ2n) is 3.83. The van der Waals surface area contributed by atoms with Gasteiger partial charge in [-0.15, -0.1) is 0 Å². The summed E-state index contributed by atoms with van der Waals surface area (Å²) in [4.78, 5) is 11.7. The molecule has 6 nitrogen and oxygen atoms in total. The van der Waals surface area contributed by atoms with Crippen molar-refractivity contribution in [2.45, 2.75) is 18.2 Å². The number of amides is 1. The van der Waals surface area contributed by atoms with Gasteiger partial charge in [0.15, 0.2) is 0 Å². The minimum absolute atomic E-state index is 0.0540. The average molecular weight is 286 g/mol. The predicted molar refractivity (Wildman–Crippen MR) is 71.9 cm³/mol. The molecule has 1 aromatic carbocycles. The summed E-state index contributed by atoms with van der Waals surface area (Å²) >= 11 is 0. The van der Waals surface area contributed by atoms with E-state index in [1.807, 2.05) is 6.92 Å². The Hall–Kier alpha value is -1.60. The van der Waals surface area contributed by atoms with Crippen LogP contribution in [0, 0.1) is 0 Å². The minimum atomic E-state index is -3.67. The number of methoxy groups -OCH3 is 1. The van der Waals surface area contributed by atoms with Crippen LogP contribution < -0.4 is 14.8 Å². The average Bonchev–Trinajstić information content (AvgIpc) is 2.43. The number of ether oxygens (including phenoxy) is 1. The molecule has 0 aromatic heterocycles. The molecule has 2 N–H and O–H groups in total. The van der Waals surface area contributed by atoms with E-state index in [-0.39, 0.29) is 22.1 Å². The zero-order valence-electron chi connectivity index (χ0n) is 11.2.